The Morgan fingerprint density at radius 1 is 1.37 bits per heavy atom. The number of ether oxygens (including phenoxy) is 1. The van der Waals surface area contributed by atoms with Crippen LogP contribution in [0.5, 0.6) is 6.01 Å². The van der Waals surface area contributed by atoms with Gasteiger partial charge in [0.05, 0.1) is 19.0 Å². The number of hydrogen-bond acceptors (Lipinski definition) is 4. The van der Waals surface area contributed by atoms with Crippen LogP contribution in [-0.2, 0) is 0 Å². The SMILES string of the molecule is Cc1ccccc1NC(=O)N1CC2CCCC2(COc2ncc(F)cn2)C1. The number of halogens is 1. The molecule has 6 nitrogen and oxygen atoms in total. The maximum Gasteiger partial charge on any atom is 0.321 e. The predicted molar refractivity (Wildman–Crippen MR) is 99.0 cm³/mol. The average Bonchev–Trinajstić information content (AvgIpc) is 3.21. The third kappa shape index (κ3) is 3.59. The number of rotatable bonds is 4. The number of aromatic nitrogens is 2. The number of carbonyl (C=O) groups is 1. The maximum absolute atomic E-state index is 13.0. The molecule has 1 saturated heterocycles. The normalized spacial score (nSPS) is 23.9. The molecule has 2 unspecified atom stereocenters. The maximum atomic E-state index is 13.0. The van der Waals surface area contributed by atoms with Crippen molar-refractivity contribution in [3.05, 3.63) is 48.0 Å². The number of urea groups is 1. The monoisotopic (exact) mass is 370 g/mol. The Morgan fingerprint density at radius 3 is 2.93 bits per heavy atom. The van der Waals surface area contributed by atoms with Crippen LogP contribution in [0.25, 0.3) is 0 Å². The molecular formula is C20H23FN4O2. The largest absolute Gasteiger partial charge is 0.463 e. The van der Waals surface area contributed by atoms with Gasteiger partial charge in [-0.2, -0.15) is 0 Å². The van der Waals surface area contributed by atoms with Gasteiger partial charge in [-0.3, -0.25) is 0 Å². The standard InChI is InChI=1S/C20H23FN4O2/c1-14-5-2-3-7-17(14)24-19(26)25-11-15-6-4-8-20(15,12-25)13-27-18-22-9-16(21)10-23-18/h2-3,5,7,9-10,15H,4,6,8,11-13H2,1H3,(H,24,26). The Morgan fingerprint density at radius 2 is 2.15 bits per heavy atom. The Kier molecular flexibility index (Phi) is 4.68. The molecule has 0 radical (unpaired) electrons. The fourth-order valence-electron chi connectivity index (χ4n) is 4.30. The van der Waals surface area contributed by atoms with Gasteiger partial charge in [-0.15, -0.1) is 0 Å². The number of carbonyl (C=O) groups excluding carboxylic acids is 1. The second-order valence-corrected chi connectivity index (χ2v) is 7.55. The zero-order chi connectivity index (χ0) is 18.9. The zero-order valence-corrected chi connectivity index (χ0v) is 15.3. The number of hydrogen-bond donors (Lipinski definition) is 1. The lowest BCUT2D eigenvalue weighted by Crippen LogP contribution is -2.37. The van der Waals surface area contributed by atoms with Crippen LogP contribution in [0.3, 0.4) is 0 Å². The molecule has 1 aliphatic heterocycles. The van der Waals surface area contributed by atoms with E-state index in [0.29, 0.717) is 19.1 Å². The van der Waals surface area contributed by atoms with Crippen molar-refractivity contribution < 1.29 is 13.9 Å². The van der Waals surface area contributed by atoms with Crippen LogP contribution in [0.15, 0.2) is 36.7 Å². The first kappa shape index (κ1) is 17.7. The average molecular weight is 370 g/mol. The summed E-state index contributed by atoms with van der Waals surface area (Å²) >= 11 is 0. The molecule has 1 N–H and O–H groups in total. The third-order valence-electron chi connectivity index (χ3n) is 5.80. The van der Waals surface area contributed by atoms with E-state index in [4.69, 9.17) is 4.74 Å². The van der Waals surface area contributed by atoms with Gasteiger partial charge in [0.15, 0.2) is 5.82 Å². The number of para-hydroxylation sites is 1. The van der Waals surface area contributed by atoms with Crippen molar-refractivity contribution in [3.63, 3.8) is 0 Å². The summed E-state index contributed by atoms with van der Waals surface area (Å²) in [5.41, 5.74) is 1.79. The smallest absolute Gasteiger partial charge is 0.321 e. The molecule has 1 saturated carbocycles. The summed E-state index contributed by atoms with van der Waals surface area (Å²) < 4.78 is 18.7. The van der Waals surface area contributed by atoms with Crippen molar-refractivity contribution in [1.29, 1.82) is 0 Å². The van der Waals surface area contributed by atoms with E-state index in [2.05, 4.69) is 15.3 Å². The Hall–Kier alpha value is -2.70. The Balaban J connectivity index is 1.42. The number of aryl methyl sites for hydroxylation is 1. The second kappa shape index (κ2) is 7.13. The van der Waals surface area contributed by atoms with Gasteiger partial charge >= 0.3 is 12.0 Å². The molecule has 7 heteroatoms. The van der Waals surface area contributed by atoms with E-state index < -0.39 is 5.82 Å². The van der Waals surface area contributed by atoms with Crippen molar-refractivity contribution in [1.82, 2.24) is 14.9 Å². The summed E-state index contributed by atoms with van der Waals surface area (Å²) in [5, 5.41) is 3.02. The van der Waals surface area contributed by atoms with Gasteiger partial charge in [0, 0.05) is 24.2 Å². The summed E-state index contributed by atoms with van der Waals surface area (Å²) in [5.74, 6) is -0.0836. The highest BCUT2D eigenvalue weighted by atomic mass is 19.1. The topological polar surface area (TPSA) is 67.4 Å². The molecule has 2 amide bonds. The van der Waals surface area contributed by atoms with Gasteiger partial charge in [0.25, 0.3) is 0 Å². The van der Waals surface area contributed by atoms with Gasteiger partial charge in [-0.05, 0) is 37.3 Å². The number of nitrogens with zero attached hydrogens (tertiary/aromatic N) is 3. The van der Waals surface area contributed by atoms with Crippen LogP contribution in [-0.4, -0.2) is 40.6 Å². The van der Waals surface area contributed by atoms with E-state index in [9.17, 15) is 9.18 Å². The number of fused-ring (bicyclic) bond motifs is 1. The van der Waals surface area contributed by atoms with E-state index >= 15 is 0 Å². The fourth-order valence-corrected chi connectivity index (χ4v) is 4.30. The minimum Gasteiger partial charge on any atom is -0.463 e. The number of anilines is 1. The Bertz CT molecular complexity index is 829. The molecule has 142 valence electrons. The number of amides is 2. The van der Waals surface area contributed by atoms with Crippen LogP contribution in [0, 0.1) is 24.1 Å². The van der Waals surface area contributed by atoms with Crippen molar-refractivity contribution >= 4 is 11.7 Å². The van der Waals surface area contributed by atoms with Crippen LogP contribution in [0.4, 0.5) is 14.9 Å². The van der Waals surface area contributed by atoms with Gasteiger partial charge in [0.2, 0.25) is 0 Å². The molecule has 2 atom stereocenters. The van der Waals surface area contributed by atoms with Crippen molar-refractivity contribution in [3.8, 4) is 6.01 Å². The van der Waals surface area contributed by atoms with Crippen molar-refractivity contribution in [2.45, 2.75) is 26.2 Å². The first-order valence-corrected chi connectivity index (χ1v) is 9.28. The van der Waals surface area contributed by atoms with Crippen molar-refractivity contribution in [2.75, 3.05) is 25.0 Å². The molecule has 0 spiro atoms. The van der Waals surface area contributed by atoms with Crippen LogP contribution in [0.1, 0.15) is 24.8 Å². The predicted octanol–water partition coefficient (Wildman–Crippen LogP) is 3.64. The van der Waals surface area contributed by atoms with E-state index in [-0.39, 0.29) is 17.5 Å². The van der Waals surface area contributed by atoms with Gasteiger partial charge in [0.1, 0.15) is 0 Å². The number of likely N-dealkylation sites (tertiary alicyclic amines) is 1. The first-order chi connectivity index (χ1) is 13.1. The van der Waals surface area contributed by atoms with E-state index in [0.717, 1.165) is 49.5 Å². The van der Waals surface area contributed by atoms with E-state index in [1.54, 1.807) is 0 Å². The molecular weight excluding hydrogens is 347 g/mol. The molecule has 2 aromatic rings. The lowest BCUT2D eigenvalue weighted by atomic mass is 9.82. The molecule has 1 aromatic heterocycles. The van der Waals surface area contributed by atoms with Crippen LogP contribution < -0.4 is 10.1 Å². The summed E-state index contributed by atoms with van der Waals surface area (Å²) in [6, 6.07) is 7.87. The molecule has 27 heavy (non-hydrogen) atoms. The first-order valence-electron chi connectivity index (χ1n) is 9.28. The van der Waals surface area contributed by atoms with E-state index in [1.165, 1.54) is 0 Å². The summed E-state index contributed by atoms with van der Waals surface area (Å²) in [6.45, 7) is 3.80. The van der Waals surface area contributed by atoms with Gasteiger partial charge in [-0.25, -0.2) is 19.2 Å². The second-order valence-electron chi connectivity index (χ2n) is 7.55. The summed E-state index contributed by atoms with van der Waals surface area (Å²) in [4.78, 5) is 22.4. The summed E-state index contributed by atoms with van der Waals surface area (Å²) in [6.07, 6.45) is 5.42. The fraction of sp³-hybridized carbons (Fsp3) is 0.450. The molecule has 2 aliphatic rings. The van der Waals surface area contributed by atoms with Crippen LogP contribution in [0.2, 0.25) is 0 Å². The highest BCUT2D eigenvalue weighted by Gasteiger charge is 2.51. The zero-order valence-electron chi connectivity index (χ0n) is 15.3. The third-order valence-corrected chi connectivity index (χ3v) is 5.80. The Labute approximate surface area is 157 Å². The molecule has 4 rings (SSSR count). The van der Waals surface area contributed by atoms with E-state index in [1.807, 2.05) is 36.1 Å². The van der Waals surface area contributed by atoms with Crippen LogP contribution >= 0.6 is 0 Å². The molecule has 1 aromatic carbocycles. The lowest BCUT2D eigenvalue weighted by molar-refractivity contribution is 0.122. The number of nitrogens with one attached hydrogen (secondary N) is 1. The quantitative estimate of drug-likeness (QED) is 0.892. The highest BCUT2D eigenvalue weighted by Crippen LogP contribution is 2.48. The molecule has 0 bridgehead atoms. The summed E-state index contributed by atoms with van der Waals surface area (Å²) in [7, 11) is 0. The molecule has 1 aliphatic carbocycles. The molecule has 2 heterocycles. The minimum absolute atomic E-state index is 0.0730. The number of benzene rings is 1. The molecule has 2 fully saturated rings. The van der Waals surface area contributed by atoms with Crippen molar-refractivity contribution in [2.24, 2.45) is 11.3 Å². The minimum atomic E-state index is -0.487. The highest BCUT2D eigenvalue weighted by molar-refractivity contribution is 5.90. The van der Waals surface area contributed by atoms with Gasteiger partial charge < -0.3 is 15.0 Å². The lowest BCUT2D eigenvalue weighted by Gasteiger charge is -2.28. The van der Waals surface area contributed by atoms with Gasteiger partial charge in [-0.1, -0.05) is 24.6 Å².